The highest BCUT2D eigenvalue weighted by Crippen LogP contribution is 2.17. The van der Waals surface area contributed by atoms with E-state index in [0.717, 1.165) is 17.2 Å². The largest absolute Gasteiger partial charge is 0.334 e. The number of nitrogens with zero attached hydrogens (tertiary/aromatic N) is 3. The Bertz CT molecular complexity index is 342. The minimum absolute atomic E-state index is 0.413. The summed E-state index contributed by atoms with van der Waals surface area (Å²) in [6.45, 7) is 6.18. The maximum atomic E-state index is 8.63. The molecule has 1 rings (SSSR count). The van der Waals surface area contributed by atoms with Crippen molar-refractivity contribution in [1.82, 2.24) is 9.55 Å². The molecule has 0 spiro atoms. The van der Waals surface area contributed by atoms with E-state index in [1.54, 1.807) is 0 Å². The Hall–Kier alpha value is -1.30. The number of aromatic nitrogens is 2. The van der Waals surface area contributed by atoms with Crippen LogP contribution in [0.15, 0.2) is 0 Å². The van der Waals surface area contributed by atoms with Crippen molar-refractivity contribution < 1.29 is 0 Å². The highest BCUT2D eigenvalue weighted by molar-refractivity contribution is 5.20. The van der Waals surface area contributed by atoms with Crippen molar-refractivity contribution in [3.63, 3.8) is 0 Å². The fraction of sp³-hybridized carbons (Fsp3) is 0.600. The van der Waals surface area contributed by atoms with Gasteiger partial charge in [-0.1, -0.05) is 13.8 Å². The van der Waals surface area contributed by atoms with Gasteiger partial charge in [0.25, 0.3) is 0 Å². The van der Waals surface area contributed by atoms with Crippen LogP contribution in [-0.2, 0) is 13.5 Å². The number of imidazole rings is 1. The molecule has 0 radical (unpaired) electrons. The predicted molar refractivity (Wildman–Crippen MR) is 51.4 cm³/mol. The summed E-state index contributed by atoms with van der Waals surface area (Å²) in [4.78, 5) is 4.44. The van der Waals surface area contributed by atoms with Gasteiger partial charge in [-0.25, -0.2) is 4.98 Å². The van der Waals surface area contributed by atoms with Crippen LogP contribution in [-0.4, -0.2) is 9.55 Å². The Morgan fingerprint density at radius 2 is 2.15 bits per heavy atom. The van der Waals surface area contributed by atoms with Gasteiger partial charge in [0, 0.05) is 13.0 Å². The molecule has 1 heterocycles. The molecule has 0 saturated carbocycles. The lowest BCUT2D eigenvalue weighted by Gasteiger charge is -2.05. The van der Waals surface area contributed by atoms with E-state index < -0.39 is 0 Å². The SMILES string of the molecule is Cc1nc(C(C)C)n(C)c1CC#N. The van der Waals surface area contributed by atoms with Crippen LogP contribution in [0.4, 0.5) is 0 Å². The van der Waals surface area contributed by atoms with Crippen molar-refractivity contribution in [2.75, 3.05) is 0 Å². The average molecular weight is 177 g/mol. The van der Waals surface area contributed by atoms with E-state index in [4.69, 9.17) is 5.26 Å². The van der Waals surface area contributed by atoms with Gasteiger partial charge < -0.3 is 4.57 Å². The first-order valence-electron chi connectivity index (χ1n) is 4.47. The third-order valence-electron chi connectivity index (χ3n) is 2.21. The van der Waals surface area contributed by atoms with E-state index in [2.05, 4.69) is 24.9 Å². The van der Waals surface area contributed by atoms with Crippen LogP contribution in [0.1, 0.15) is 37.0 Å². The fourth-order valence-electron chi connectivity index (χ4n) is 1.53. The van der Waals surface area contributed by atoms with Crippen molar-refractivity contribution in [3.05, 3.63) is 17.2 Å². The standard InChI is InChI=1S/C10H15N3/c1-7(2)10-12-8(3)9(5-6-11)13(10)4/h7H,5H2,1-4H3. The molecule has 0 saturated heterocycles. The third kappa shape index (κ3) is 1.72. The van der Waals surface area contributed by atoms with Gasteiger partial charge in [0.2, 0.25) is 0 Å². The molecule has 1 aromatic heterocycles. The Balaban J connectivity index is 3.16. The summed E-state index contributed by atoms with van der Waals surface area (Å²) in [6.07, 6.45) is 0.446. The molecule has 3 heteroatoms. The molecule has 70 valence electrons. The van der Waals surface area contributed by atoms with E-state index in [-0.39, 0.29) is 0 Å². The Morgan fingerprint density at radius 1 is 1.54 bits per heavy atom. The molecule has 3 nitrogen and oxygen atoms in total. The van der Waals surface area contributed by atoms with Gasteiger partial charge in [-0.3, -0.25) is 0 Å². The number of nitriles is 1. The van der Waals surface area contributed by atoms with Gasteiger partial charge in [-0.05, 0) is 6.92 Å². The van der Waals surface area contributed by atoms with Gasteiger partial charge in [0.15, 0.2) is 0 Å². The molecule has 1 aromatic rings. The molecular formula is C10H15N3. The van der Waals surface area contributed by atoms with Gasteiger partial charge in [-0.2, -0.15) is 5.26 Å². The second-order valence-electron chi connectivity index (χ2n) is 3.55. The second kappa shape index (κ2) is 3.61. The zero-order valence-corrected chi connectivity index (χ0v) is 8.63. The summed E-state index contributed by atoms with van der Waals surface area (Å²) in [5.41, 5.74) is 2.01. The summed E-state index contributed by atoms with van der Waals surface area (Å²) in [6, 6.07) is 2.16. The van der Waals surface area contributed by atoms with Crippen LogP contribution in [0.2, 0.25) is 0 Å². The highest BCUT2D eigenvalue weighted by atomic mass is 15.1. The van der Waals surface area contributed by atoms with E-state index in [0.29, 0.717) is 12.3 Å². The summed E-state index contributed by atoms with van der Waals surface area (Å²) in [7, 11) is 1.97. The first kappa shape index (κ1) is 9.79. The van der Waals surface area contributed by atoms with Crippen LogP contribution in [0.5, 0.6) is 0 Å². The number of rotatable bonds is 2. The van der Waals surface area contributed by atoms with Gasteiger partial charge >= 0.3 is 0 Å². The molecule has 0 aliphatic carbocycles. The normalized spacial score (nSPS) is 10.5. The number of hydrogen-bond acceptors (Lipinski definition) is 2. The second-order valence-corrected chi connectivity index (χ2v) is 3.55. The topological polar surface area (TPSA) is 41.6 Å². The van der Waals surface area contributed by atoms with Crippen molar-refractivity contribution in [2.45, 2.75) is 33.1 Å². The van der Waals surface area contributed by atoms with Gasteiger partial charge in [0.05, 0.1) is 23.9 Å². The monoisotopic (exact) mass is 177 g/mol. The lowest BCUT2D eigenvalue weighted by atomic mass is 10.2. The summed E-state index contributed by atoms with van der Waals surface area (Å²) in [5, 5.41) is 8.63. The van der Waals surface area contributed by atoms with E-state index in [1.807, 2.05) is 18.5 Å². The summed E-state index contributed by atoms with van der Waals surface area (Å²) in [5.74, 6) is 1.47. The quantitative estimate of drug-likeness (QED) is 0.692. The number of hydrogen-bond donors (Lipinski definition) is 0. The summed E-state index contributed by atoms with van der Waals surface area (Å²) >= 11 is 0. The predicted octanol–water partition coefficient (Wildman–Crippen LogP) is 1.92. The van der Waals surface area contributed by atoms with E-state index >= 15 is 0 Å². The van der Waals surface area contributed by atoms with E-state index in [1.165, 1.54) is 0 Å². The Labute approximate surface area is 79.0 Å². The maximum Gasteiger partial charge on any atom is 0.111 e. The van der Waals surface area contributed by atoms with Crippen LogP contribution in [0.25, 0.3) is 0 Å². The smallest absolute Gasteiger partial charge is 0.111 e. The molecular weight excluding hydrogens is 162 g/mol. The first-order valence-corrected chi connectivity index (χ1v) is 4.47. The lowest BCUT2D eigenvalue weighted by molar-refractivity contribution is 0.696. The average Bonchev–Trinajstić information content (AvgIpc) is 2.32. The van der Waals surface area contributed by atoms with Crippen molar-refractivity contribution in [1.29, 1.82) is 5.26 Å². The van der Waals surface area contributed by atoms with Crippen LogP contribution in [0.3, 0.4) is 0 Å². The zero-order valence-electron chi connectivity index (χ0n) is 8.63. The first-order chi connectivity index (χ1) is 6.07. The van der Waals surface area contributed by atoms with Gasteiger partial charge in [0.1, 0.15) is 5.82 Å². The zero-order chi connectivity index (χ0) is 10.0. The van der Waals surface area contributed by atoms with Crippen LogP contribution >= 0.6 is 0 Å². The molecule has 0 aliphatic heterocycles. The molecule has 0 unspecified atom stereocenters. The molecule has 13 heavy (non-hydrogen) atoms. The van der Waals surface area contributed by atoms with E-state index in [9.17, 15) is 0 Å². The molecule has 0 bridgehead atoms. The van der Waals surface area contributed by atoms with Crippen LogP contribution < -0.4 is 0 Å². The molecule has 0 atom stereocenters. The highest BCUT2D eigenvalue weighted by Gasteiger charge is 2.12. The number of aryl methyl sites for hydroxylation is 1. The van der Waals surface area contributed by atoms with Crippen LogP contribution in [0, 0.1) is 18.3 Å². The van der Waals surface area contributed by atoms with Crippen molar-refractivity contribution in [3.8, 4) is 6.07 Å². The summed E-state index contributed by atoms with van der Waals surface area (Å²) < 4.78 is 2.03. The fourth-order valence-corrected chi connectivity index (χ4v) is 1.53. The van der Waals surface area contributed by atoms with Crippen molar-refractivity contribution in [2.24, 2.45) is 7.05 Å². The maximum absolute atomic E-state index is 8.63. The Morgan fingerprint density at radius 3 is 2.54 bits per heavy atom. The van der Waals surface area contributed by atoms with Gasteiger partial charge in [-0.15, -0.1) is 0 Å². The Kier molecular flexibility index (Phi) is 2.72. The minimum Gasteiger partial charge on any atom is -0.334 e. The molecule has 0 N–H and O–H groups in total. The third-order valence-corrected chi connectivity index (χ3v) is 2.21. The molecule has 0 fully saturated rings. The molecule has 0 amide bonds. The molecule has 0 aliphatic rings. The molecule has 0 aromatic carbocycles. The van der Waals surface area contributed by atoms with Crippen molar-refractivity contribution >= 4 is 0 Å². The lowest BCUT2D eigenvalue weighted by Crippen LogP contribution is -2.03. The minimum atomic E-state index is 0.413.